The summed E-state index contributed by atoms with van der Waals surface area (Å²) in [5.74, 6) is 1.40. The van der Waals surface area contributed by atoms with E-state index in [1.807, 2.05) is 55.5 Å². The zero-order chi connectivity index (χ0) is 16.9. The summed E-state index contributed by atoms with van der Waals surface area (Å²) < 4.78 is 7.90. The third-order valence-corrected chi connectivity index (χ3v) is 4.02. The fraction of sp³-hybridized carbons (Fsp3) is 0.118. The molecule has 0 atom stereocenters. The van der Waals surface area contributed by atoms with Crippen molar-refractivity contribution in [3.63, 3.8) is 0 Å². The van der Waals surface area contributed by atoms with Gasteiger partial charge in [0.2, 0.25) is 4.77 Å². The smallest absolute Gasteiger partial charge is 0.216 e. The summed E-state index contributed by atoms with van der Waals surface area (Å²) in [5, 5.41) is 11.8. The molecule has 2 aromatic carbocycles. The first-order valence-corrected chi connectivity index (χ1v) is 8.07. The first-order chi connectivity index (χ1) is 11.6. The van der Waals surface area contributed by atoms with Gasteiger partial charge in [-0.1, -0.05) is 41.9 Å². The van der Waals surface area contributed by atoms with Crippen LogP contribution in [0.3, 0.4) is 0 Å². The van der Waals surface area contributed by atoms with Crippen molar-refractivity contribution in [2.45, 2.75) is 13.5 Å². The van der Waals surface area contributed by atoms with Crippen LogP contribution in [-0.2, 0) is 6.61 Å². The lowest BCUT2D eigenvalue weighted by Gasteiger charge is -2.10. The molecule has 7 heteroatoms. The van der Waals surface area contributed by atoms with Gasteiger partial charge in [-0.2, -0.15) is 14.9 Å². The lowest BCUT2D eigenvalue weighted by atomic mass is 10.2. The van der Waals surface area contributed by atoms with Crippen LogP contribution in [0.15, 0.2) is 53.6 Å². The fourth-order valence-corrected chi connectivity index (χ4v) is 2.53. The molecule has 0 fully saturated rings. The number of hydrogen-bond donors (Lipinski definition) is 1. The normalized spacial score (nSPS) is 11.1. The van der Waals surface area contributed by atoms with Crippen molar-refractivity contribution in [3.8, 4) is 5.75 Å². The van der Waals surface area contributed by atoms with E-state index in [-0.39, 0.29) is 0 Å². The molecule has 0 saturated heterocycles. The molecule has 0 bridgehead atoms. The summed E-state index contributed by atoms with van der Waals surface area (Å²) >= 11 is 11.3. The average Bonchev–Trinajstić information content (AvgIpc) is 2.91. The molecule has 1 N–H and O–H groups in total. The second-order valence-corrected chi connectivity index (χ2v) is 5.84. The first-order valence-electron chi connectivity index (χ1n) is 7.29. The summed E-state index contributed by atoms with van der Waals surface area (Å²) in [4.78, 5) is 0. The van der Waals surface area contributed by atoms with E-state index in [1.54, 1.807) is 10.9 Å². The Bertz CT molecular complexity index is 932. The topological polar surface area (TPSA) is 55.2 Å². The van der Waals surface area contributed by atoms with Gasteiger partial charge in [0.15, 0.2) is 0 Å². The van der Waals surface area contributed by atoms with Gasteiger partial charge in [0.05, 0.1) is 6.21 Å². The van der Waals surface area contributed by atoms with Crippen LogP contribution in [0.25, 0.3) is 0 Å². The van der Waals surface area contributed by atoms with Gasteiger partial charge in [-0.3, -0.25) is 5.10 Å². The molecule has 0 aliphatic carbocycles. The molecule has 5 nitrogen and oxygen atoms in total. The van der Waals surface area contributed by atoms with Crippen molar-refractivity contribution in [1.82, 2.24) is 14.9 Å². The van der Waals surface area contributed by atoms with Crippen molar-refractivity contribution in [3.05, 3.63) is 75.3 Å². The summed E-state index contributed by atoms with van der Waals surface area (Å²) in [5.41, 5.74) is 1.77. The molecule has 122 valence electrons. The maximum atomic E-state index is 6.16. The monoisotopic (exact) mass is 358 g/mol. The maximum Gasteiger partial charge on any atom is 0.216 e. The molecular weight excluding hydrogens is 344 g/mol. The number of aryl methyl sites for hydroxylation is 1. The van der Waals surface area contributed by atoms with Gasteiger partial charge in [0, 0.05) is 16.1 Å². The highest BCUT2D eigenvalue weighted by atomic mass is 35.5. The van der Waals surface area contributed by atoms with E-state index in [4.69, 9.17) is 28.6 Å². The summed E-state index contributed by atoms with van der Waals surface area (Å²) in [6, 6.07) is 15.2. The van der Waals surface area contributed by atoms with Crippen LogP contribution in [0.1, 0.15) is 17.0 Å². The molecule has 0 aliphatic rings. The second-order valence-electron chi connectivity index (χ2n) is 5.05. The van der Waals surface area contributed by atoms with E-state index in [2.05, 4.69) is 15.3 Å². The van der Waals surface area contributed by atoms with Crippen LogP contribution < -0.4 is 4.74 Å². The molecule has 0 amide bonds. The minimum absolute atomic E-state index is 0.384. The van der Waals surface area contributed by atoms with Gasteiger partial charge in [-0.05, 0) is 37.3 Å². The molecule has 0 radical (unpaired) electrons. The van der Waals surface area contributed by atoms with Crippen molar-refractivity contribution >= 4 is 30.0 Å². The zero-order valence-corrected chi connectivity index (χ0v) is 14.5. The number of aromatic amines is 1. The SMILES string of the molecule is Cc1n[nH]c(=S)n1/N=C/c1ccccc1OCc1ccccc1Cl. The van der Waals surface area contributed by atoms with Crippen LogP contribution in [-0.4, -0.2) is 21.1 Å². The Kier molecular flexibility index (Phi) is 5.08. The Morgan fingerprint density at radius 1 is 1.25 bits per heavy atom. The molecule has 3 rings (SSSR count). The van der Waals surface area contributed by atoms with Crippen LogP contribution in [0.2, 0.25) is 5.02 Å². The number of hydrogen-bond acceptors (Lipinski definition) is 4. The molecule has 0 spiro atoms. The van der Waals surface area contributed by atoms with Gasteiger partial charge in [0.25, 0.3) is 0 Å². The molecule has 24 heavy (non-hydrogen) atoms. The minimum Gasteiger partial charge on any atom is -0.488 e. The van der Waals surface area contributed by atoms with E-state index in [0.717, 1.165) is 11.1 Å². The second kappa shape index (κ2) is 7.42. The van der Waals surface area contributed by atoms with Gasteiger partial charge < -0.3 is 4.74 Å². The van der Waals surface area contributed by atoms with Crippen LogP contribution in [0.4, 0.5) is 0 Å². The van der Waals surface area contributed by atoms with Crippen LogP contribution in [0, 0.1) is 11.7 Å². The number of nitrogens with one attached hydrogen (secondary N) is 1. The summed E-state index contributed by atoms with van der Waals surface area (Å²) in [6.07, 6.45) is 1.69. The Balaban J connectivity index is 1.81. The Morgan fingerprint density at radius 2 is 2.00 bits per heavy atom. The van der Waals surface area contributed by atoms with Crippen molar-refractivity contribution in [2.24, 2.45) is 5.10 Å². The van der Waals surface area contributed by atoms with Gasteiger partial charge in [-0.25, -0.2) is 0 Å². The van der Waals surface area contributed by atoms with E-state index in [0.29, 0.717) is 28.0 Å². The molecule has 1 heterocycles. The number of rotatable bonds is 5. The van der Waals surface area contributed by atoms with Crippen molar-refractivity contribution in [2.75, 3.05) is 0 Å². The highest BCUT2D eigenvalue weighted by molar-refractivity contribution is 7.71. The first kappa shape index (κ1) is 16.4. The van der Waals surface area contributed by atoms with E-state index in [9.17, 15) is 0 Å². The summed E-state index contributed by atoms with van der Waals surface area (Å²) in [6.45, 7) is 2.21. The molecule has 0 aliphatic heterocycles. The Labute approximate surface area is 149 Å². The Hall–Kier alpha value is -2.44. The number of para-hydroxylation sites is 1. The minimum atomic E-state index is 0.384. The zero-order valence-electron chi connectivity index (χ0n) is 12.9. The highest BCUT2D eigenvalue weighted by Gasteiger charge is 2.04. The molecular formula is C17H15ClN4OS. The van der Waals surface area contributed by atoms with Crippen molar-refractivity contribution in [1.29, 1.82) is 0 Å². The number of halogens is 1. The molecule has 3 aromatic rings. The molecule has 1 aromatic heterocycles. The maximum absolute atomic E-state index is 6.16. The number of aromatic nitrogens is 3. The lowest BCUT2D eigenvalue weighted by Crippen LogP contribution is -2.00. The lowest BCUT2D eigenvalue weighted by molar-refractivity contribution is 0.306. The van der Waals surface area contributed by atoms with Gasteiger partial charge in [-0.15, -0.1) is 0 Å². The number of ether oxygens (including phenoxy) is 1. The molecule has 0 saturated carbocycles. The molecule has 0 unspecified atom stereocenters. The fourth-order valence-electron chi connectivity index (χ4n) is 2.12. The quantitative estimate of drug-likeness (QED) is 0.544. The predicted molar refractivity (Wildman–Crippen MR) is 97.4 cm³/mol. The average molecular weight is 359 g/mol. The van der Waals surface area contributed by atoms with E-state index >= 15 is 0 Å². The standard InChI is InChI=1S/C17H15ClN4OS/c1-12-20-21-17(24)22(12)19-10-13-6-3-5-9-16(13)23-11-14-7-2-4-8-15(14)18/h2-10H,11H2,1H3,(H,21,24)/b19-10+. The summed E-state index contributed by atoms with van der Waals surface area (Å²) in [7, 11) is 0. The third kappa shape index (κ3) is 3.72. The van der Waals surface area contributed by atoms with E-state index in [1.165, 1.54) is 0 Å². The Morgan fingerprint density at radius 3 is 2.75 bits per heavy atom. The van der Waals surface area contributed by atoms with Crippen LogP contribution in [0.5, 0.6) is 5.75 Å². The van der Waals surface area contributed by atoms with Crippen LogP contribution >= 0.6 is 23.8 Å². The van der Waals surface area contributed by atoms with Gasteiger partial charge >= 0.3 is 0 Å². The predicted octanol–water partition coefficient (Wildman–Crippen LogP) is 4.36. The van der Waals surface area contributed by atoms with Gasteiger partial charge in [0.1, 0.15) is 18.2 Å². The number of benzene rings is 2. The highest BCUT2D eigenvalue weighted by Crippen LogP contribution is 2.21. The number of H-pyrrole nitrogens is 1. The van der Waals surface area contributed by atoms with E-state index < -0.39 is 0 Å². The third-order valence-electron chi connectivity index (χ3n) is 3.38. The number of nitrogens with zero attached hydrogens (tertiary/aromatic N) is 3. The van der Waals surface area contributed by atoms with Crippen molar-refractivity contribution < 1.29 is 4.74 Å². The largest absolute Gasteiger partial charge is 0.488 e.